The van der Waals surface area contributed by atoms with Crippen molar-refractivity contribution in [2.75, 3.05) is 26.5 Å². The smallest absolute Gasteiger partial charge is 0.305 e. The average molecular weight is 428 g/mol. The van der Waals surface area contributed by atoms with Gasteiger partial charge in [-0.1, -0.05) is 12.1 Å². The Morgan fingerprint density at radius 1 is 1.07 bits per heavy atom. The minimum absolute atomic E-state index is 0.493. The third-order valence-electron chi connectivity index (χ3n) is 5.71. The summed E-state index contributed by atoms with van der Waals surface area (Å²) >= 11 is 0. The summed E-state index contributed by atoms with van der Waals surface area (Å²) in [6, 6.07) is 6.80. The second-order valence-corrected chi connectivity index (χ2v) is 10.3. The number of hydrogen-bond acceptors (Lipinski definition) is 4. The van der Waals surface area contributed by atoms with Crippen LogP contribution >= 0.6 is 0 Å². The molecule has 8 heteroatoms. The van der Waals surface area contributed by atoms with Gasteiger partial charge in [-0.05, 0) is 88.5 Å². The molecule has 7 nitrogen and oxygen atoms in total. The van der Waals surface area contributed by atoms with E-state index in [0.717, 1.165) is 78.8 Å². The van der Waals surface area contributed by atoms with Crippen molar-refractivity contribution in [3.63, 3.8) is 0 Å². The van der Waals surface area contributed by atoms with Crippen LogP contribution in [0.5, 0.6) is 0 Å². The molecular weight excluding hydrogens is 398 g/mol. The SMILES string of the molecule is CNS(=O)(=NC(=O)Nc1c2c(nc3c1CCC3)CCC2)c1ccc(CN(C)C)cc1. The summed E-state index contributed by atoms with van der Waals surface area (Å²) in [4.78, 5) is 20.2. The Bertz CT molecular complexity index is 1050. The van der Waals surface area contributed by atoms with E-state index in [0.29, 0.717) is 4.90 Å². The molecule has 4 rings (SSSR count). The number of urea groups is 1. The third kappa shape index (κ3) is 4.12. The number of hydrogen-bond donors (Lipinski definition) is 2. The number of pyridine rings is 1. The number of fused-ring (bicyclic) bond motifs is 2. The zero-order valence-electron chi connectivity index (χ0n) is 17.8. The number of carbonyl (C=O) groups is 1. The van der Waals surface area contributed by atoms with E-state index in [-0.39, 0.29) is 0 Å². The second-order valence-electron chi connectivity index (χ2n) is 8.18. The number of rotatable bonds is 5. The summed E-state index contributed by atoms with van der Waals surface area (Å²) < 4.78 is 20.2. The predicted molar refractivity (Wildman–Crippen MR) is 119 cm³/mol. The average Bonchev–Trinajstić information content (AvgIpc) is 3.37. The molecule has 1 aromatic carbocycles. The van der Waals surface area contributed by atoms with Crippen LogP contribution in [-0.4, -0.2) is 41.3 Å². The number of carbonyl (C=O) groups excluding carboxylic acids is 1. The zero-order valence-corrected chi connectivity index (χ0v) is 18.6. The molecule has 2 aliphatic rings. The highest BCUT2D eigenvalue weighted by molar-refractivity contribution is 7.92. The lowest BCUT2D eigenvalue weighted by atomic mass is 10.1. The minimum Gasteiger partial charge on any atom is -0.305 e. The highest BCUT2D eigenvalue weighted by Crippen LogP contribution is 2.36. The van der Waals surface area contributed by atoms with Crippen LogP contribution in [-0.2, 0) is 42.1 Å². The van der Waals surface area contributed by atoms with Crippen molar-refractivity contribution in [1.82, 2.24) is 14.6 Å². The Labute approximate surface area is 178 Å². The van der Waals surface area contributed by atoms with Crippen LogP contribution in [0, 0.1) is 0 Å². The van der Waals surface area contributed by atoms with E-state index in [1.807, 2.05) is 26.2 Å². The molecule has 30 heavy (non-hydrogen) atoms. The molecule has 1 heterocycles. The van der Waals surface area contributed by atoms with Gasteiger partial charge in [0.1, 0.15) is 9.92 Å². The van der Waals surface area contributed by atoms with E-state index in [2.05, 4.69) is 19.3 Å². The lowest BCUT2D eigenvalue weighted by Gasteiger charge is -2.15. The van der Waals surface area contributed by atoms with Crippen LogP contribution in [0.2, 0.25) is 0 Å². The molecule has 0 radical (unpaired) electrons. The second kappa shape index (κ2) is 8.45. The Kier molecular flexibility index (Phi) is 5.90. The van der Waals surface area contributed by atoms with Crippen molar-refractivity contribution in [2.24, 2.45) is 4.36 Å². The summed E-state index contributed by atoms with van der Waals surface area (Å²) in [5.74, 6) is 0. The van der Waals surface area contributed by atoms with Gasteiger partial charge in [0.2, 0.25) is 0 Å². The summed E-state index contributed by atoms with van der Waals surface area (Å²) in [5.41, 5.74) is 6.41. The Morgan fingerprint density at radius 3 is 2.20 bits per heavy atom. The molecule has 1 unspecified atom stereocenters. The molecule has 1 atom stereocenters. The Morgan fingerprint density at radius 2 is 1.67 bits per heavy atom. The highest BCUT2D eigenvalue weighted by Gasteiger charge is 2.26. The van der Waals surface area contributed by atoms with Gasteiger partial charge in [-0.25, -0.2) is 13.7 Å². The fraction of sp³-hybridized carbons (Fsp3) is 0.455. The van der Waals surface area contributed by atoms with Crippen LogP contribution < -0.4 is 10.0 Å². The topological polar surface area (TPSA) is 86.7 Å². The van der Waals surface area contributed by atoms with Crippen LogP contribution in [0.1, 0.15) is 40.9 Å². The van der Waals surface area contributed by atoms with Gasteiger partial charge in [0.15, 0.2) is 0 Å². The normalized spacial score (nSPS) is 16.8. The molecule has 0 spiro atoms. The lowest BCUT2D eigenvalue weighted by molar-refractivity contribution is 0.260. The van der Waals surface area contributed by atoms with Crippen molar-refractivity contribution in [3.05, 3.63) is 52.3 Å². The maximum absolute atomic E-state index is 13.4. The van der Waals surface area contributed by atoms with Gasteiger partial charge in [0.25, 0.3) is 0 Å². The molecule has 2 aromatic rings. The van der Waals surface area contributed by atoms with Crippen molar-refractivity contribution in [2.45, 2.75) is 50.0 Å². The fourth-order valence-electron chi connectivity index (χ4n) is 4.34. The monoisotopic (exact) mass is 427 g/mol. The first-order valence-electron chi connectivity index (χ1n) is 10.4. The van der Waals surface area contributed by atoms with Crippen LogP contribution in [0.4, 0.5) is 10.5 Å². The molecule has 2 aliphatic carbocycles. The van der Waals surface area contributed by atoms with Crippen LogP contribution in [0.3, 0.4) is 0 Å². The van der Waals surface area contributed by atoms with Gasteiger partial charge >= 0.3 is 6.03 Å². The van der Waals surface area contributed by atoms with Gasteiger partial charge in [-0.15, -0.1) is 4.36 Å². The molecule has 2 N–H and O–H groups in total. The molecule has 2 amide bonds. The maximum atomic E-state index is 13.4. The number of aryl methyl sites for hydroxylation is 2. The number of aromatic nitrogens is 1. The van der Waals surface area contributed by atoms with Crippen LogP contribution in [0.25, 0.3) is 0 Å². The first-order valence-corrected chi connectivity index (χ1v) is 11.9. The molecule has 0 aliphatic heterocycles. The Balaban J connectivity index is 1.63. The third-order valence-corrected chi connectivity index (χ3v) is 7.60. The quantitative estimate of drug-likeness (QED) is 0.766. The standard InChI is InChI=1S/C22H29N5O2S/c1-23-30(29,16-12-10-15(11-13-16)14-27(2)3)26-22(28)25-21-17-6-4-8-19(17)24-20-9-5-7-18(20)21/h10-13H,4-9,14H2,1-3H3,(H2,23,24,25,26,28,29). The van der Waals surface area contributed by atoms with Crippen molar-refractivity contribution in [3.8, 4) is 0 Å². The lowest BCUT2D eigenvalue weighted by Crippen LogP contribution is -2.22. The zero-order chi connectivity index (χ0) is 21.3. The predicted octanol–water partition coefficient (Wildman–Crippen LogP) is 3.31. The van der Waals surface area contributed by atoms with E-state index < -0.39 is 15.9 Å². The van der Waals surface area contributed by atoms with Crippen molar-refractivity contribution >= 4 is 21.6 Å². The summed E-state index contributed by atoms with van der Waals surface area (Å²) in [6.07, 6.45) is 5.85. The molecule has 0 bridgehead atoms. The molecule has 0 saturated heterocycles. The highest BCUT2D eigenvalue weighted by atomic mass is 32.2. The first kappa shape index (κ1) is 21.0. The molecular formula is C22H29N5O2S. The van der Waals surface area contributed by atoms with E-state index in [1.54, 1.807) is 19.2 Å². The first-order chi connectivity index (χ1) is 14.4. The van der Waals surface area contributed by atoms with Crippen molar-refractivity contribution < 1.29 is 9.00 Å². The molecule has 1 aromatic heterocycles. The largest absolute Gasteiger partial charge is 0.354 e. The fourth-order valence-corrected chi connectivity index (χ4v) is 5.56. The number of amides is 2. The summed E-state index contributed by atoms with van der Waals surface area (Å²) in [7, 11) is 2.49. The summed E-state index contributed by atoms with van der Waals surface area (Å²) in [6.45, 7) is 0.789. The maximum Gasteiger partial charge on any atom is 0.354 e. The van der Waals surface area contributed by atoms with E-state index in [9.17, 15) is 9.00 Å². The van der Waals surface area contributed by atoms with Gasteiger partial charge in [0.05, 0.1) is 10.6 Å². The molecule has 0 fully saturated rings. The number of anilines is 1. The van der Waals surface area contributed by atoms with E-state index in [1.165, 1.54) is 0 Å². The number of nitrogens with one attached hydrogen (secondary N) is 2. The minimum atomic E-state index is -3.06. The van der Waals surface area contributed by atoms with Gasteiger partial charge in [-0.3, -0.25) is 4.98 Å². The molecule has 160 valence electrons. The number of benzene rings is 1. The Hall–Kier alpha value is -2.29. The molecule has 0 saturated carbocycles. The van der Waals surface area contributed by atoms with E-state index in [4.69, 9.17) is 4.98 Å². The van der Waals surface area contributed by atoms with Crippen molar-refractivity contribution in [1.29, 1.82) is 0 Å². The van der Waals surface area contributed by atoms with Crippen LogP contribution in [0.15, 0.2) is 33.5 Å². The number of nitrogens with zero attached hydrogens (tertiary/aromatic N) is 3. The van der Waals surface area contributed by atoms with Gasteiger partial charge < -0.3 is 10.2 Å². The van der Waals surface area contributed by atoms with Gasteiger partial charge in [0, 0.05) is 17.9 Å². The van der Waals surface area contributed by atoms with E-state index >= 15 is 0 Å². The summed E-state index contributed by atoms with van der Waals surface area (Å²) in [5, 5.41) is 2.97. The van der Waals surface area contributed by atoms with Gasteiger partial charge in [-0.2, -0.15) is 0 Å².